The lowest BCUT2D eigenvalue weighted by molar-refractivity contribution is 0.375. The summed E-state index contributed by atoms with van der Waals surface area (Å²) in [5, 5.41) is 4.88. The van der Waals surface area contributed by atoms with Crippen LogP contribution in [0.15, 0.2) is 53.6 Å². The smallest absolute Gasteiger partial charge is 0.247 e. The van der Waals surface area contributed by atoms with Crippen molar-refractivity contribution >= 4 is 27.3 Å². The van der Waals surface area contributed by atoms with Gasteiger partial charge in [-0.25, -0.2) is 8.42 Å². The summed E-state index contributed by atoms with van der Waals surface area (Å²) in [6.45, 7) is 0. The molecule has 7 heteroatoms. The molecule has 0 radical (unpaired) electrons. The summed E-state index contributed by atoms with van der Waals surface area (Å²) >= 11 is 6.26. The number of sulfonamides is 1. The van der Waals surface area contributed by atoms with Crippen molar-refractivity contribution in [3.05, 3.63) is 64.7 Å². The summed E-state index contributed by atoms with van der Waals surface area (Å²) in [5.74, 6) is 0.736. The van der Waals surface area contributed by atoms with Gasteiger partial charge < -0.3 is 4.74 Å². The second-order valence-electron chi connectivity index (χ2n) is 5.55. The summed E-state index contributed by atoms with van der Waals surface area (Å²) in [7, 11) is -1.91. The normalized spacial score (nSPS) is 17.7. The molecule has 3 rings (SSSR count). The highest BCUT2D eigenvalue weighted by Gasteiger charge is 2.35. The first-order chi connectivity index (χ1) is 11.4. The van der Waals surface area contributed by atoms with Crippen LogP contribution >= 0.6 is 11.6 Å². The van der Waals surface area contributed by atoms with Crippen molar-refractivity contribution in [1.29, 1.82) is 0 Å². The number of hydrogen-bond acceptors (Lipinski definition) is 4. The molecule has 1 heterocycles. The number of ether oxygens (including phenoxy) is 1. The largest absolute Gasteiger partial charge is 0.497 e. The van der Waals surface area contributed by atoms with Crippen molar-refractivity contribution in [3.63, 3.8) is 0 Å². The van der Waals surface area contributed by atoms with E-state index in [1.54, 1.807) is 13.2 Å². The molecule has 24 heavy (non-hydrogen) atoms. The Labute approximate surface area is 146 Å². The molecule has 0 amide bonds. The quantitative estimate of drug-likeness (QED) is 0.834. The number of halogens is 1. The molecule has 1 aliphatic rings. The maximum absolute atomic E-state index is 12.2. The third-order valence-corrected chi connectivity index (χ3v) is 5.26. The Hall–Kier alpha value is -2.05. The zero-order chi connectivity index (χ0) is 17.3. The third-order valence-electron chi connectivity index (χ3n) is 3.90. The van der Waals surface area contributed by atoms with Crippen molar-refractivity contribution in [2.24, 2.45) is 5.10 Å². The van der Waals surface area contributed by atoms with Crippen molar-refractivity contribution in [2.45, 2.75) is 12.5 Å². The molecule has 0 saturated carbocycles. The van der Waals surface area contributed by atoms with Crippen LogP contribution in [0, 0.1) is 0 Å². The molecule has 0 spiro atoms. The summed E-state index contributed by atoms with van der Waals surface area (Å²) in [6, 6.07) is 14.2. The number of hydrogen-bond donors (Lipinski definition) is 0. The van der Waals surface area contributed by atoms with Crippen LogP contribution in [0.3, 0.4) is 0 Å². The number of nitrogens with zero attached hydrogens (tertiary/aromatic N) is 2. The lowest BCUT2D eigenvalue weighted by atomic mass is 9.99. The first kappa shape index (κ1) is 16.8. The van der Waals surface area contributed by atoms with Crippen molar-refractivity contribution in [2.75, 3.05) is 13.4 Å². The molecule has 2 aromatic carbocycles. The lowest BCUT2D eigenvalue weighted by Gasteiger charge is -2.22. The molecule has 0 N–H and O–H groups in total. The van der Waals surface area contributed by atoms with E-state index < -0.39 is 16.1 Å². The van der Waals surface area contributed by atoms with Gasteiger partial charge in [0.2, 0.25) is 10.0 Å². The van der Waals surface area contributed by atoms with E-state index in [1.165, 1.54) is 0 Å². The Morgan fingerprint density at radius 2 is 1.83 bits per heavy atom. The fraction of sp³-hybridized carbons (Fsp3) is 0.235. The first-order valence-corrected chi connectivity index (χ1v) is 9.58. The Bertz CT molecular complexity index is 879. The average molecular weight is 365 g/mol. The summed E-state index contributed by atoms with van der Waals surface area (Å²) < 4.78 is 30.6. The molecule has 2 aromatic rings. The highest BCUT2D eigenvalue weighted by Crippen LogP contribution is 2.37. The highest BCUT2D eigenvalue weighted by atomic mass is 35.5. The fourth-order valence-corrected chi connectivity index (χ4v) is 3.89. The van der Waals surface area contributed by atoms with Crippen molar-refractivity contribution in [1.82, 2.24) is 4.41 Å². The predicted molar refractivity (Wildman–Crippen MR) is 95.0 cm³/mol. The van der Waals surface area contributed by atoms with Crippen LogP contribution in [0.2, 0.25) is 5.02 Å². The van der Waals surface area contributed by atoms with E-state index in [0.717, 1.165) is 27.5 Å². The SMILES string of the molecule is COc1ccc(C2=NN(S(C)(=O)=O)C(c3ccccc3Cl)C2)cc1. The molecule has 0 aromatic heterocycles. The average Bonchev–Trinajstić information content (AvgIpc) is 3.01. The monoisotopic (exact) mass is 364 g/mol. The number of rotatable bonds is 4. The molecule has 0 fully saturated rings. The van der Waals surface area contributed by atoms with E-state index in [2.05, 4.69) is 5.10 Å². The van der Waals surface area contributed by atoms with Gasteiger partial charge in [-0.05, 0) is 41.5 Å². The van der Waals surface area contributed by atoms with Crippen LogP contribution < -0.4 is 4.74 Å². The van der Waals surface area contributed by atoms with Gasteiger partial charge in [-0.1, -0.05) is 29.8 Å². The minimum atomic E-state index is -3.51. The minimum Gasteiger partial charge on any atom is -0.497 e. The molecular weight excluding hydrogens is 348 g/mol. The first-order valence-electron chi connectivity index (χ1n) is 7.36. The standard InChI is InChI=1S/C17H17ClN2O3S/c1-23-13-9-7-12(8-10-13)16-11-17(20(19-16)24(2,21)22)14-5-3-4-6-15(14)18/h3-10,17H,11H2,1-2H3. The van der Waals surface area contributed by atoms with Crippen LogP contribution in [0.1, 0.15) is 23.6 Å². The van der Waals surface area contributed by atoms with E-state index in [4.69, 9.17) is 16.3 Å². The Morgan fingerprint density at radius 3 is 2.42 bits per heavy atom. The van der Waals surface area contributed by atoms with Crippen LogP contribution in [0.4, 0.5) is 0 Å². The Balaban J connectivity index is 2.00. The van der Waals surface area contributed by atoms with Crippen LogP contribution in [0.25, 0.3) is 0 Å². The molecule has 1 aliphatic heterocycles. The molecule has 0 bridgehead atoms. The van der Waals surface area contributed by atoms with E-state index >= 15 is 0 Å². The number of hydrazone groups is 1. The van der Waals surface area contributed by atoms with Gasteiger partial charge in [0.15, 0.2) is 0 Å². The summed E-state index contributed by atoms with van der Waals surface area (Å²) in [5.41, 5.74) is 2.31. The van der Waals surface area contributed by atoms with Crippen molar-refractivity contribution in [3.8, 4) is 5.75 Å². The van der Waals surface area contributed by atoms with E-state index in [0.29, 0.717) is 17.2 Å². The Morgan fingerprint density at radius 1 is 1.17 bits per heavy atom. The van der Waals surface area contributed by atoms with E-state index in [9.17, 15) is 8.42 Å². The topological polar surface area (TPSA) is 59.0 Å². The second kappa shape index (κ2) is 6.45. The lowest BCUT2D eigenvalue weighted by Crippen LogP contribution is -2.26. The third kappa shape index (κ3) is 3.25. The van der Waals surface area contributed by atoms with Gasteiger partial charge in [-0.3, -0.25) is 0 Å². The van der Waals surface area contributed by atoms with Crippen LogP contribution in [-0.2, 0) is 10.0 Å². The molecule has 1 unspecified atom stereocenters. The summed E-state index contributed by atoms with van der Waals surface area (Å²) in [6.07, 6.45) is 1.61. The van der Waals surface area contributed by atoms with Gasteiger partial charge >= 0.3 is 0 Å². The maximum Gasteiger partial charge on any atom is 0.247 e. The predicted octanol–water partition coefficient (Wildman–Crippen LogP) is 3.46. The molecule has 0 saturated heterocycles. The van der Waals surface area contributed by atoms with Gasteiger partial charge in [-0.2, -0.15) is 9.52 Å². The number of methoxy groups -OCH3 is 1. The van der Waals surface area contributed by atoms with Gasteiger partial charge in [0.05, 0.1) is 25.1 Å². The van der Waals surface area contributed by atoms with Gasteiger partial charge in [0.1, 0.15) is 5.75 Å². The molecular formula is C17H17ClN2O3S. The number of benzene rings is 2. The maximum atomic E-state index is 12.2. The van der Waals surface area contributed by atoms with Crippen LogP contribution in [-0.4, -0.2) is 31.9 Å². The summed E-state index contributed by atoms with van der Waals surface area (Å²) in [4.78, 5) is 0. The Kier molecular flexibility index (Phi) is 4.51. The fourth-order valence-electron chi connectivity index (χ4n) is 2.73. The van der Waals surface area contributed by atoms with Gasteiger partial charge in [-0.15, -0.1) is 0 Å². The zero-order valence-electron chi connectivity index (χ0n) is 13.3. The van der Waals surface area contributed by atoms with Crippen molar-refractivity contribution < 1.29 is 13.2 Å². The molecule has 0 aliphatic carbocycles. The highest BCUT2D eigenvalue weighted by molar-refractivity contribution is 7.88. The molecule has 5 nitrogen and oxygen atoms in total. The molecule has 126 valence electrons. The molecule has 1 atom stereocenters. The second-order valence-corrected chi connectivity index (χ2v) is 7.80. The minimum absolute atomic E-state index is 0.439. The van der Waals surface area contributed by atoms with E-state index in [1.807, 2.05) is 42.5 Å². The zero-order valence-corrected chi connectivity index (χ0v) is 14.9. The van der Waals surface area contributed by atoms with E-state index in [-0.39, 0.29) is 0 Å². The van der Waals surface area contributed by atoms with Crippen LogP contribution in [0.5, 0.6) is 5.75 Å². The van der Waals surface area contributed by atoms with Gasteiger partial charge in [0, 0.05) is 11.4 Å². The van der Waals surface area contributed by atoms with Gasteiger partial charge in [0.25, 0.3) is 0 Å².